The molecule has 6 nitrogen and oxygen atoms in total. The molecular weight excluding hydrogens is 330 g/mol. The van der Waals surface area contributed by atoms with Crippen molar-refractivity contribution in [2.45, 2.75) is 28.1 Å². The van der Waals surface area contributed by atoms with Crippen molar-refractivity contribution in [3.05, 3.63) is 17.0 Å². The van der Waals surface area contributed by atoms with Crippen molar-refractivity contribution in [3.8, 4) is 0 Å². The van der Waals surface area contributed by atoms with Gasteiger partial charge in [0.05, 0.1) is 6.61 Å². The summed E-state index contributed by atoms with van der Waals surface area (Å²) in [6, 6.07) is 1.76. The van der Waals surface area contributed by atoms with E-state index in [1.807, 2.05) is 0 Å². The van der Waals surface area contributed by atoms with Crippen LogP contribution in [0.15, 0.2) is 15.4 Å². The van der Waals surface area contributed by atoms with Crippen molar-refractivity contribution in [1.29, 1.82) is 0 Å². The van der Waals surface area contributed by atoms with Crippen LogP contribution in [-0.2, 0) is 4.74 Å². The second-order valence-corrected chi connectivity index (χ2v) is 7.19. The van der Waals surface area contributed by atoms with Gasteiger partial charge in [0.1, 0.15) is 16.0 Å². The van der Waals surface area contributed by atoms with Gasteiger partial charge in [-0.25, -0.2) is 9.97 Å². The maximum Gasteiger partial charge on any atom is 0.206 e. The smallest absolute Gasteiger partial charge is 0.206 e. The molecular formula is C12H14ClN5OS2. The molecule has 112 valence electrons. The molecule has 0 radical (unpaired) electrons. The fourth-order valence-electron chi connectivity index (χ4n) is 1.66. The molecule has 0 unspecified atom stereocenters. The Bertz CT molecular complexity index is 619. The summed E-state index contributed by atoms with van der Waals surface area (Å²) in [5, 5.41) is 13.4. The molecule has 1 aliphatic rings. The number of ether oxygens (including phenoxy) is 1. The molecule has 2 heterocycles. The fourth-order valence-corrected chi connectivity index (χ4v) is 3.65. The van der Waals surface area contributed by atoms with E-state index in [2.05, 4.69) is 25.5 Å². The van der Waals surface area contributed by atoms with Crippen molar-refractivity contribution >= 4 is 39.8 Å². The van der Waals surface area contributed by atoms with Gasteiger partial charge in [-0.1, -0.05) is 22.9 Å². The number of rotatable bonds is 7. The van der Waals surface area contributed by atoms with Crippen LogP contribution in [0.2, 0.25) is 5.15 Å². The number of anilines is 1. The standard InChI is InChI=1S/C12H14ClN5OS2/c1-19-5-4-14-11-17-18-12(21-11)20-9-6-8(13)15-10(16-9)7-2-3-7/h6-7H,2-5H2,1H3,(H,14,17). The highest BCUT2D eigenvalue weighted by molar-refractivity contribution is 8.01. The number of nitrogens with zero attached hydrogens (tertiary/aromatic N) is 4. The summed E-state index contributed by atoms with van der Waals surface area (Å²) in [5.41, 5.74) is 0. The summed E-state index contributed by atoms with van der Waals surface area (Å²) < 4.78 is 5.80. The van der Waals surface area contributed by atoms with Crippen LogP contribution in [-0.4, -0.2) is 40.4 Å². The first-order valence-electron chi connectivity index (χ1n) is 6.53. The van der Waals surface area contributed by atoms with Gasteiger partial charge < -0.3 is 10.1 Å². The molecule has 0 atom stereocenters. The Morgan fingerprint density at radius 1 is 1.43 bits per heavy atom. The van der Waals surface area contributed by atoms with Gasteiger partial charge in [0.2, 0.25) is 5.13 Å². The Hall–Kier alpha value is -0.960. The third-order valence-electron chi connectivity index (χ3n) is 2.81. The molecule has 1 aliphatic carbocycles. The van der Waals surface area contributed by atoms with Crippen molar-refractivity contribution in [2.24, 2.45) is 0 Å². The first-order valence-corrected chi connectivity index (χ1v) is 8.54. The minimum atomic E-state index is 0.476. The van der Waals surface area contributed by atoms with Gasteiger partial charge in [-0.2, -0.15) is 0 Å². The number of aromatic nitrogens is 4. The highest BCUT2D eigenvalue weighted by Crippen LogP contribution is 2.40. The molecule has 1 N–H and O–H groups in total. The molecule has 0 aromatic carbocycles. The van der Waals surface area contributed by atoms with Gasteiger partial charge in [-0.3, -0.25) is 0 Å². The minimum Gasteiger partial charge on any atom is -0.383 e. The van der Waals surface area contributed by atoms with E-state index in [9.17, 15) is 0 Å². The summed E-state index contributed by atoms with van der Waals surface area (Å²) >= 11 is 9.00. The normalized spacial score (nSPS) is 14.4. The lowest BCUT2D eigenvalue weighted by Gasteiger charge is -2.01. The summed E-state index contributed by atoms with van der Waals surface area (Å²) in [5.74, 6) is 1.32. The Balaban J connectivity index is 1.66. The zero-order chi connectivity index (χ0) is 14.7. The number of halogens is 1. The molecule has 0 spiro atoms. The lowest BCUT2D eigenvalue weighted by atomic mass is 10.4. The van der Waals surface area contributed by atoms with E-state index >= 15 is 0 Å². The van der Waals surface area contributed by atoms with E-state index in [0.29, 0.717) is 24.2 Å². The van der Waals surface area contributed by atoms with Crippen LogP contribution in [0.4, 0.5) is 5.13 Å². The van der Waals surface area contributed by atoms with Crippen molar-refractivity contribution < 1.29 is 4.74 Å². The van der Waals surface area contributed by atoms with Gasteiger partial charge in [0.25, 0.3) is 0 Å². The van der Waals surface area contributed by atoms with Crippen molar-refractivity contribution in [3.63, 3.8) is 0 Å². The second kappa shape index (κ2) is 6.87. The predicted molar refractivity (Wildman–Crippen MR) is 83.4 cm³/mol. The van der Waals surface area contributed by atoms with Crippen LogP contribution in [0.5, 0.6) is 0 Å². The van der Waals surface area contributed by atoms with Gasteiger partial charge in [-0.15, -0.1) is 10.2 Å². The Morgan fingerprint density at radius 3 is 3.05 bits per heavy atom. The first kappa shape index (κ1) is 15.0. The van der Waals surface area contributed by atoms with Gasteiger partial charge in [0.15, 0.2) is 4.34 Å². The lowest BCUT2D eigenvalue weighted by molar-refractivity contribution is 0.211. The van der Waals surface area contributed by atoms with Crippen LogP contribution in [0, 0.1) is 0 Å². The average molecular weight is 344 g/mol. The maximum absolute atomic E-state index is 6.05. The molecule has 1 fully saturated rings. The topological polar surface area (TPSA) is 72.8 Å². The first-order chi connectivity index (χ1) is 10.2. The SMILES string of the molecule is COCCNc1nnc(Sc2cc(Cl)nc(C3CC3)n2)s1. The van der Waals surface area contributed by atoms with Gasteiger partial charge >= 0.3 is 0 Å². The van der Waals surface area contributed by atoms with E-state index < -0.39 is 0 Å². The largest absolute Gasteiger partial charge is 0.383 e. The van der Waals surface area contributed by atoms with E-state index in [-0.39, 0.29) is 0 Å². The Morgan fingerprint density at radius 2 is 2.29 bits per heavy atom. The summed E-state index contributed by atoms with van der Waals surface area (Å²) in [7, 11) is 1.67. The highest BCUT2D eigenvalue weighted by Gasteiger charge is 2.27. The number of hydrogen-bond acceptors (Lipinski definition) is 8. The Kier molecular flexibility index (Phi) is 4.89. The van der Waals surface area contributed by atoms with E-state index in [1.165, 1.54) is 23.1 Å². The molecule has 2 aromatic rings. The summed E-state index contributed by atoms with van der Waals surface area (Å²) in [6.07, 6.45) is 2.30. The third-order valence-corrected chi connectivity index (χ3v) is 4.86. The molecule has 1 saturated carbocycles. The van der Waals surface area contributed by atoms with Crippen LogP contribution >= 0.6 is 34.7 Å². The van der Waals surface area contributed by atoms with Crippen LogP contribution in [0.3, 0.4) is 0 Å². The van der Waals surface area contributed by atoms with Gasteiger partial charge in [-0.05, 0) is 24.6 Å². The fraction of sp³-hybridized carbons (Fsp3) is 0.500. The molecule has 0 amide bonds. The Labute approximate surface area is 135 Å². The average Bonchev–Trinajstić information content (AvgIpc) is 3.21. The van der Waals surface area contributed by atoms with Crippen molar-refractivity contribution in [2.75, 3.05) is 25.6 Å². The quantitative estimate of drug-likeness (QED) is 0.611. The number of methoxy groups -OCH3 is 1. The molecule has 0 saturated heterocycles. The molecule has 9 heteroatoms. The monoisotopic (exact) mass is 343 g/mol. The van der Waals surface area contributed by atoms with Crippen molar-refractivity contribution in [1.82, 2.24) is 20.2 Å². The number of nitrogens with one attached hydrogen (secondary N) is 1. The summed E-state index contributed by atoms with van der Waals surface area (Å²) in [4.78, 5) is 8.82. The van der Waals surface area contributed by atoms with E-state index in [4.69, 9.17) is 16.3 Å². The molecule has 2 aromatic heterocycles. The maximum atomic E-state index is 6.05. The van der Waals surface area contributed by atoms with E-state index in [1.54, 1.807) is 13.2 Å². The molecule has 3 rings (SSSR count). The highest BCUT2D eigenvalue weighted by atomic mass is 35.5. The summed E-state index contributed by atoms with van der Waals surface area (Å²) in [6.45, 7) is 1.34. The van der Waals surface area contributed by atoms with Gasteiger partial charge in [0, 0.05) is 25.6 Å². The minimum absolute atomic E-state index is 0.476. The zero-order valence-corrected chi connectivity index (χ0v) is 13.8. The van der Waals surface area contributed by atoms with E-state index in [0.717, 1.165) is 33.2 Å². The second-order valence-electron chi connectivity index (χ2n) is 4.56. The van der Waals surface area contributed by atoms with Crippen LogP contribution in [0.1, 0.15) is 24.6 Å². The van der Waals surface area contributed by atoms with Crippen LogP contribution in [0.25, 0.3) is 0 Å². The molecule has 0 bridgehead atoms. The lowest BCUT2D eigenvalue weighted by Crippen LogP contribution is -2.06. The predicted octanol–water partition coefficient (Wildman–Crippen LogP) is 3.07. The molecule has 0 aliphatic heterocycles. The zero-order valence-electron chi connectivity index (χ0n) is 11.4. The van der Waals surface area contributed by atoms with Crippen LogP contribution < -0.4 is 5.32 Å². The third kappa shape index (κ3) is 4.26. The molecule has 21 heavy (non-hydrogen) atoms. The number of hydrogen-bond donors (Lipinski definition) is 1.